The van der Waals surface area contributed by atoms with E-state index in [4.69, 9.17) is 10.1 Å². The van der Waals surface area contributed by atoms with Crippen molar-refractivity contribution in [3.63, 3.8) is 0 Å². The third-order valence-corrected chi connectivity index (χ3v) is 2.81. The molecule has 2 aromatic heterocycles. The van der Waals surface area contributed by atoms with Gasteiger partial charge >= 0.3 is 6.09 Å². The van der Waals surface area contributed by atoms with Crippen LogP contribution in [-0.2, 0) is 4.74 Å². The lowest BCUT2D eigenvalue weighted by molar-refractivity contribution is 0.181. The smallest absolute Gasteiger partial charge is 0.414 e. The molecule has 1 aliphatic rings. The monoisotopic (exact) mass is 257 g/mol. The van der Waals surface area contributed by atoms with Gasteiger partial charge in [0.05, 0.1) is 18.4 Å². The Labute approximate surface area is 108 Å². The lowest BCUT2D eigenvalue weighted by Crippen LogP contribution is -2.23. The van der Waals surface area contributed by atoms with Crippen LogP contribution in [0.5, 0.6) is 0 Å². The zero-order chi connectivity index (χ0) is 13.2. The predicted molar refractivity (Wildman–Crippen MR) is 67.9 cm³/mol. The minimum absolute atomic E-state index is 0.349. The summed E-state index contributed by atoms with van der Waals surface area (Å²) in [6, 6.07) is 3.50. The molecule has 1 saturated heterocycles. The molecule has 1 amide bonds. The third kappa shape index (κ3) is 2.05. The highest BCUT2D eigenvalue weighted by atomic mass is 16.6. The Kier molecular flexibility index (Phi) is 2.71. The van der Waals surface area contributed by atoms with E-state index in [2.05, 4.69) is 10.1 Å². The summed E-state index contributed by atoms with van der Waals surface area (Å²) >= 11 is 0. The number of nitrogens with zero attached hydrogens (tertiary/aromatic N) is 4. The molecule has 3 rings (SSSR count). The third-order valence-electron chi connectivity index (χ3n) is 2.81. The van der Waals surface area contributed by atoms with Crippen molar-refractivity contribution in [1.82, 2.24) is 14.8 Å². The van der Waals surface area contributed by atoms with Crippen LogP contribution in [0.2, 0.25) is 0 Å². The van der Waals surface area contributed by atoms with E-state index in [1.54, 1.807) is 40.3 Å². The summed E-state index contributed by atoms with van der Waals surface area (Å²) in [6.45, 7) is 0.934. The summed E-state index contributed by atoms with van der Waals surface area (Å²) in [5.41, 5.74) is 1.41. The van der Waals surface area contributed by atoms with Gasteiger partial charge < -0.3 is 10.1 Å². The number of carbonyl (C=O) groups is 1. The number of pyridine rings is 1. The van der Waals surface area contributed by atoms with E-state index < -0.39 is 0 Å². The van der Waals surface area contributed by atoms with E-state index in [9.17, 15) is 4.79 Å². The zero-order valence-electron chi connectivity index (χ0n) is 9.98. The molecule has 0 radical (unpaired) electrons. The maximum absolute atomic E-state index is 11.5. The summed E-state index contributed by atoms with van der Waals surface area (Å²) in [5, 5.41) is 11.3. The topological polar surface area (TPSA) is 84.1 Å². The van der Waals surface area contributed by atoms with Gasteiger partial charge in [-0.1, -0.05) is 0 Å². The molecule has 7 heteroatoms. The normalized spacial score (nSPS) is 14.5. The van der Waals surface area contributed by atoms with E-state index in [-0.39, 0.29) is 6.09 Å². The fourth-order valence-electron chi connectivity index (χ4n) is 1.87. The number of anilines is 1. The minimum Gasteiger partial charge on any atom is -0.447 e. The highest BCUT2D eigenvalue weighted by molar-refractivity contribution is 5.89. The van der Waals surface area contributed by atoms with E-state index in [0.29, 0.717) is 24.5 Å². The number of hydrogen-bond donors (Lipinski definition) is 1. The summed E-state index contributed by atoms with van der Waals surface area (Å²) in [5.74, 6) is 0.588. The fourth-order valence-corrected chi connectivity index (χ4v) is 1.87. The first-order chi connectivity index (χ1) is 9.28. The Morgan fingerprint density at radius 3 is 3.05 bits per heavy atom. The molecule has 3 heterocycles. The number of cyclic esters (lactones) is 1. The SMILES string of the molecule is N=Cc1cnn(-c2cc(N3CCOC3=O)ccn2)c1. The molecule has 0 bridgehead atoms. The van der Waals surface area contributed by atoms with Crippen LogP contribution in [0.25, 0.3) is 5.82 Å². The Balaban J connectivity index is 1.95. The van der Waals surface area contributed by atoms with Gasteiger partial charge in [-0.15, -0.1) is 0 Å². The molecular weight excluding hydrogens is 246 g/mol. The van der Waals surface area contributed by atoms with Crippen LogP contribution in [-0.4, -0.2) is 40.2 Å². The maximum atomic E-state index is 11.5. The Bertz CT molecular complexity index is 637. The van der Waals surface area contributed by atoms with E-state index in [0.717, 1.165) is 5.69 Å². The quantitative estimate of drug-likeness (QED) is 0.838. The van der Waals surface area contributed by atoms with Crippen molar-refractivity contribution in [1.29, 1.82) is 5.41 Å². The molecule has 0 saturated carbocycles. The van der Waals surface area contributed by atoms with Crippen molar-refractivity contribution in [3.8, 4) is 5.82 Å². The second-order valence-electron chi connectivity index (χ2n) is 4.00. The van der Waals surface area contributed by atoms with Gasteiger partial charge in [-0.2, -0.15) is 5.10 Å². The first kappa shape index (κ1) is 11.4. The molecule has 19 heavy (non-hydrogen) atoms. The fraction of sp³-hybridized carbons (Fsp3) is 0.167. The van der Waals surface area contributed by atoms with Crippen molar-refractivity contribution in [2.45, 2.75) is 0 Å². The van der Waals surface area contributed by atoms with Gasteiger partial charge in [0, 0.05) is 30.2 Å². The molecule has 7 nitrogen and oxygen atoms in total. The second-order valence-corrected chi connectivity index (χ2v) is 4.00. The van der Waals surface area contributed by atoms with Crippen LogP contribution in [0, 0.1) is 5.41 Å². The maximum Gasteiger partial charge on any atom is 0.414 e. The number of amides is 1. The predicted octanol–water partition coefficient (Wildman–Crippen LogP) is 1.22. The van der Waals surface area contributed by atoms with Crippen LogP contribution in [0.1, 0.15) is 5.56 Å². The Hall–Kier alpha value is -2.70. The molecule has 2 aromatic rings. The number of nitrogens with one attached hydrogen (secondary N) is 1. The standard InChI is InChI=1S/C12H11N5O2/c13-6-9-7-15-17(8-9)11-5-10(1-2-14-11)16-3-4-19-12(16)18/h1-2,5-8,13H,3-4H2. The molecule has 0 spiro atoms. The highest BCUT2D eigenvalue weighted by Gasteiger charge is 2.23. The molecule has 0 aliphatic carbocycles. The van der Waals surface area contributed by atoms with Crippen molar-refractivity contribution in [3.05, 3.63) is 36.3 Å². The molecule has 96 valence electrons. The van der Waals surface area contributed by atoms with Gasteiger partial charge in [0.25, 0.3) is 0 Å². The number of ether oxygens (including phenoxy) is 1. The zero-order valence-corrected chi connectivity index (χ0v) is 9.98. The first-order valence-corrected chi connectivity index (χ1v) is 5.74. The molecule has 1 N–H and O–H groups in total. The molecule has 0 aromatic carbocycles. The van der Waals surface area contributed by atoms with Gasteiger partial charge in [-0.3, -0.25) is 4.90 Å². The van der Waals surface area contributed by atoms with Crippen molar-refractivity contribution < 1.29 is 9.53 Å². The van der Waals surface area contributed by atoms with E-state index in [1.165, 1.54) is 6.21 Å². The molecule has 1 aliphatic heterocycles. The van der Waals surface area contributed by atoms with Crippen LogP contribution < -0.4 is 4.90 Å². The van der Waals surface area contributed by atoms with Gasteiger partial charge in [0.15, 0.2) is 5.82 Å². The molecule has 1 fully saturated rings. The van der Waals surface area contributed by atoms with E-state index in [1.807, 2.05) is 0 Å². The largest absolute Gasteiger partial charge is 0.447 e. The lowest BCUT2D eigenvalue weighted by atomic mass is 10.3. The van der Waals surface area contributed by atoms with Crippen molar-refractivity contribution in [2.24, 2.45) is 0 Å². The van der Waals surface area contributed by atoms with Crippen LogP contribution in [0.4, 0.5) is 10.5 Å². The minimum atomic E-state index is -0.349. The summed E-state index contributed by atoms with van der Waals surface area (Å²) in [7, 11) is 0. The molecule has 0 unspecified atom stereocenters. The number of rotatable bonds is 3. The van der Waals surface area contributed by atoms with Crippen LogP contribution in [0.15, 0.2) is 30.7 Å². The average Bonchev–Trinajstić information content (AvgIpc) is 3.07. The number of aromatic nitrogens is 3. The van der Waals surface area contributed by atoms with Crippen LogP contribution in [0.3, 0.4) is 0 Å². The Morgan fingerprint density at radius 2 is 2.37 bits per heavy atom. The van der Waals surface area contributed by atoms with Gasteiger partial charge in [-0.05, 0) is 6.07 Å². The van der Waals surface area contributed by atoms with E-state index >= 15 is 0 Å². The summed E-state index contributed by atoms with van der Waals surface area (Å²) < 4.78 is 6.46. The van der Waals surface area contributed by atoms with Gasteiger partial charge in [-0.25, -0.2) is 14.5 Å². The molecule has 0 atom stereocenters. The van der Waals surface area contributed by atoms with Crippen molar-refractivity contribution in [2.75, 3.05) is 18.1 Å². The highest BCUT2D eigenvalue weighted by Crippen LogP contribution is 2.20. The lowest BCUT2D eigenvalue weighted by Gasteiger charge is -2.13. The average molecular weight is 257 g/mol. The number of carbonyl (C=O) groups excluding carboxylic acids is 1. The summed E-state index contributed by atoms with van der Waals surface area (Å²) in [6.07, 6.45) is 5.75. The summed E-state index contributed by atoms with van der Waals surface area (Å²) in [4.78, 5) is 17.3. The molecular formula is C12H11N5O2. The van der Waals surface area contributed by atoms with Gasteiger partial charge in [0.1, 0.15) is 6.61 Å². The Morgan fingerprint density at radius 1 is 1.47 bits per heavy atom. The first-order valence-electron chi connectivity index (χ1n) is 5.74. The van der Waals surface area contributed by atoms with Gasteiger partial charge in [0.2, 0.25) is 0 Å². The second kappa shape index (κ2) is 4.52. The number of hydrogen-bond acceptors (Lipinski definition) is 5. The van der Waals surface area contributed by atoms with Crippen LogP contribution >= 0.6 is 0 Å². The van der Waals surface area contributed by atoms with Crippen molar-refractivity contribution >= 4 is 18.0 Å².